The van der Waals surface area contributed by atoms with Crippen molar-refractivity contribution in [2.75, 3.05) is 4.72 Å². The van der Waals surface area contributed by atoms with Crippen molar-refractivity contribution >= 4 is 27.6 Å². The summed E-state index contributed by atoms with van der Waals surface area (Å²) in [5.41, 5.74) is 0.815. The molecule has 5 nitrogen and oxygen atoms in total. The normalized spacial score (nSPS) is 11.4. The van der Waals surface area contributed by atoms with Crippen LogP contribution in [0, 0.1) is 19.7 Å². The van der Waals surface area contributed by atoms with E-state index < -0.39 is 15.8 Å². The van der Waals surface area contributed by atoms with Gasteiger partial charge in [-0.1, -0.05) is 11.6 Å². The zero-order valence-corrected chi connectivity index (χ0v) is 12.3. The smallest absolute Gasteiger partial charge is 0.247 e. The number of halogens is 2. The van der Waals surface area contributed by atoms with Crippen molar-refractivity contribution in [2.24, 2.45) is 0 Å². The van der Waals surface area contributed by atoms with E-state index in [1.165, 1.54) is 19.1 Å². The van der Waals surface area contributed by atoms with Crippen LogP contribution in [0.4, 0.5) is 10.3 Å². The lowest BCUT2D eigenvalue weighted by molar-refractivity contribution is 0.598. The second-order valence-electron chi connectivity index (χ2n) is 4.17. The van der Waals surface area contributed by atoms with Gasteiger partial charge in [0.15, 0.2) is 0 Å². The molecule has 0 spiro atoms. The highest BCUT2D eigenvalue weighted by atomic mass is 35.5. The molecule has 0 aliphatic carbocycles. The van der Waals surface area contributed by atoms with Crippen LogP contribution < -0.4 is 4.72 Å². The van der Waals surface area contributed by atoms with Gasteiger partial charge in [-0.05, 0) is 43.7 Å². The summed E-state index contributed by atoms with van der Waals surface area (Å²) in [5, 5.41) is 0.131. The summed E-state index contributed by atoms with van der Waals surface area (Å²) in [7, 11) is -3.89. The highest BCUT2D eigenvalue weighted by Crippen LogP contribution is 2.19. The van der Waals surface area contributed by atoms with Crippen molar-refractivity contribution in [3.05, 3.63) is 46.5 Å². The van der Waals surface area contributed by atoms with Crippen molar-refractivity contribution in [1.82, 2.24) is 9.97 Å². The molecule has 1 N–H and O–H groups in total. The quantitative estimate of drug-likeness (QED) is 0.884. The molecule has 0 atom stereocenters. The Morgan fingerprint density at radius 2 is 1.90 bits per heavy atom. The second kappa shape index (κ2) is 5.34. The summed E-state index contributed by atoms with van der Waals surface area (Å²) in [4.78, 5) is 7.67. The predicted octanol–water partition coefficient (Wildman–Crippen LogP) is 2.69. The van der Waals surface area contributed by atoms with E-state index in [0.29, 0.717) is 5.69 Å². The minimum atomic E-state index is -3.89. The second-order valence-corrected chi connectivity index (χ2v) is 6.21. The number of hydrogen-bond donors (Lipinski definition) is 1. The standard InChI is InChI=1S/C12H11ClFN3O2S/c1-7-5-9(14)3-4-10(7)20(18,19)17-12-15-8(2)6-11(13)16-12/h3-6H,1-2H3,(H,15,16,17). The Morgan fingerprint density at radius 1 is 1.20 bits per heavy atom. The number of anilines is 1. The molecule has 20 heavy (non-hydrogen) atoms. The number of rotatable bonds is 3. The van der Waals surface area contributed by atoms with Gasteiger partial charge >= 0.3 is 0 Å². The lowest BCUT2D eigenvalue weighted by Gasteiger charge is -2.09. The third-order valence-electron chi connectivity index (χ3n) is 2.48. The molecule has 0 aliphatic heterocycles. The molecule has 0 amide bonds. The van der Waals surface area contributed by atoms with Gasteiger partial charge in [-0.15, -0.1) is 0 Å². The van der Waals surface area contributed by atoms with Gasteiger partial charge in [0.1, 0.15) is 11.0 Å². The van der Waals surface area contributed by atoms with Gasteiger partial charge in [0.25, 0.3) is 10.0 Å². The Labute approximate surface area is 120 Å². The Balaban J connectivity index is 2.40. The van der Waals surface area contributed by atoms with Gasteiger partial charge in [-0.3, -0.25) is 0 Å². The zero-order valence-electron chi connectivity index (χ0n) is 10.7. The number of aryl methyl sites for hydroxylation is 2. The minimum absolute atomic E-state index is 0.0415. The first-order valence-corrected chi connectivity index (χ1v) is 7.44. The fraction of sp³-hybridized carbons (Fsp3) is 0.167. The molecule has 0 saturated heterocycles. The van der Waals surface area contributed by atoms with Crippen LogP contribution in [0.3, 0.4) is 0 Å². The van der Waals surface area contributed by atoms with Gasteiger partial charge in [0, 0.05) is 5.69 Å². The Morgan fingerprint density at radius 3 is 2.50 bits per heavy atom. The number of aromatic nitrogens is 2. The largest absolute Gasteiger partial charge is 0.264 e. The summed E-state index contributed by atoms with van der Waals surface area (Å²) < 4.78 is 39.6. The molecule has 2 rings (SSSR count). The molecule has 0 unspecified atom stereocenters. The Bertz CT molecular complexity index is 745. The van der Waals surface area contributed by atoms with E-state index in [1.54, 1.807) is 6.92 Å². The van der Waals surface area contributed by atoms with Crippen molar-refractivity contribution in [2.45, 2.75) is 18.7 Å². The highest BCUT2D eigenvalue weighted by Gasteiger charge is 2.19. The van der Waals surface area contributed by atoms with Crippen molar-refractivity contribution in [1.29, 1.82) is 0 Å². The van der Waals surface area contributed by atoms with Crippen LogP contribution in [-0.4, -0.2) is 18.4 Å². The lowest BCUT2D eigenvalue weighted by Crippen LogP contribution is -2.16. The van der Waals surface area contributed by atoms with Gasteiger partial charge in [0.05, 0.1) is 4.90 Å². The van der Waals surface area contributed by atoms with Crippen LogP contribution in [0.5, 0.6) is 0 Å². The van der Waals surface area contributed by atoms with Crippen LogP contribution in [0.2, 0.25) is 5.15 Å². The number of nitrogens with zero attached hydrogens (tertiary/aromatic N) is 2. The number of benzene rings is 1. The third kappa shape index (κ3) is 3.23. The molecule has 0 aliphatic rings. The zero-order chi connectivity index (χ0) is 14.9. The molecule has 0 radical (unpaired) electrons. The summed E-state index contributed by atoms with van der Waals surface area (Å²) >= 11 is 5.74. The van der Waals surface area contributed by atoms with E-state index in [4.69, 9.17) is 11.6 Å². The summed E-state index contributed by atoms with van der Waals surface area (Å²) in [6, 6.07) is 4.90. The third-order valence-corrected chi connectivity index (χ3v) is 4.16. The molecular formula is C12H11ClFN3O2S. The van der Waals surface area contributed by atoms with E-state index >= 15 is 0 Å². The van der Waals surface area contributed by atoms with Crippen LogP contribution in [0.25, 0.3) is 0 Å². The van der Waals surface area contributed by atoms with Crippen LogP contribution in [-0.2, 0) is 10.0 Å². The first-order chi connectivity index (χ1) is 9.28. The van der Waals surface area contributed by atoms with Crippen LogP contribution in [0.15, 0.2) is 29.2 Å². The highest BCUT2D eigenvalue weighted by molar-refractivity contribution is 7.92. The summed E-state index contributed by atoms with van der Waals surface area (Å²) in [5.74, 6) is -0.630. The summed E-state index contributed by atoms with van der Waals surface area (Å²) in [6.07, 6.45) is 0. The van der Waals surface area contributed by atoms with Crippen LogP contribution >= 0.6 is 11.6 Å². The van der Waals surface area contributed by atoms with Gasteiger partial charge in [-0.25, -0.2) is 27.5 Å². The van der Waals surface area contributed by atoms with E-state index in [0.717, 1.165) is 12.1 Å². The fourth-order valence-electron chi connectivity index (χ4n) is 1.67. The van der Waals surface area contributed by atoms with E-state index in [-0.39, 0.29) is 21.6 Å². The molecule has 8 heteroatoms. The minimum Gasteiger partial charge on any atom is -0.247 e. The molecule has 0 saturated carbocycles. The molecule has 0 bridgehead atoms. The van der Waals surface area contributed by atoms with Crippen molar-refractivity contribution in [3.63, 3.8) is 0 Å². The molecule has 0 fully saturated rings. The topological polar surface area (TPSA) is 72.0 Å². The fourth-order valence-corrected chi connectivity index (χ4v) is 3.07. The molecule has 1 heterocycles. The molecule has 2 aromatic rings. The monoisotopic (exact) mass is 315 g/mol. The van der Waals surface area contributed by atoms with E-state index in [9.17, 15) is 12.8 Å². The van der Waals surface area contributed by atoms with Crippen molar-refractivity contribution in [3.8, 4) is 0 Å². The summed E-state index contributed by atoms with van der Waals surface area (Å²) in [6.45, 7) is 3.16. The molecule has 1 aromatic carbocycles. The number of sulfonamides is 1. The maximum Gasteiger partial charge on any atom is 0.264 e. The maximum absolute atomic E-state index is 13.0. The van der Waals surface area contributed by atoms with Gasteiger partial charge in [-0.2, -0.15) is 0 Å². The number of hydrogen-bond acceptors (Lipinski definition) is 4. The Kier molecular flexibility index (Phi) is 3.92. The molecule has 106 valence electrons. The SMILES string of the molecule is Cc1cc(Cl)nc(NS(=O)(=O)c2ccc(F)cc2C)n1. The van der Waals surface area contributed by atoms with Crippen molar-refractivity contribution < 1.29 is 12.8 Å². The van der Waals surface area contributed by atoms with E-state index in [2.05, 4.69) is 14.7 Å². The molecular weight excluding hydrogens is 305 g/mol. The Hall–Kier alpha value is -1.73. The average molecular weight is 316 g/mol. The first kappa shape index (κ1) is 14.7. The van der Waals surface area contributed by atoms with Gasteiger partial charge < -0.3 is 0 Å². The van der Waals surface area contributed by atoms with E-state index in [1.807, 2.05) is 0 Å². The predicted molar refractivity (Wildman–Crippen MR) is 73.7 cm³/mol. The first-order valence-electron chi connectivity index (χ1n) is 5.58. The molecule has 1 aromatic heterocycles. The maximum atomic E-state index is 13.0. The average Bonchev–Trinajstić information content (AvgIpc) is 2.25. The number of nitrogens with one attached hydrogen (secondary N) is 1. The van der Waals surface area contributed by atoms with Crippen LogP contribution in [0.1, 0.15) is 11.3 Å². The lowest BCUT2D eigenvalue weighted by atomic mass is 10.2. The van der Waals surface area contributed by atoms with Gasteiger partial charge in [0.2, 0.25) is 5.95 Å².